The van der Waals surface area contributed by atoms with Gasteiger partial charge in [-0.25, -0.2) is 4.79 Å². The monoisotopic (exact) mass is 310 g/mol. The van der Waals surface area contributed by atoms with Gasteiger partial charge < -0.3 is 36.9 Å². The minimum Gasteiger partial charge on any atom is -0.481 e. The maximum Gasteiger partial charge on any atom is 2.00 e. The Labute approximate surface area is 108 Å². The number of aliphatic carboxylic acids is 3. The van der Waals surface area contributed by atoms with Crippen LogP contribution in [0, 0.1) is 0 Å². The predicted octanol–water partition coefficient (Wildman–Crippen LogP) is -3.73. The van der Waals surface area contributed by atoms with E-state index in [0.717, 1.165) is 0 Å². The molecule has 0 saturated heterocycles. The number of carbonyl (C=O) groups is 3. The third kappa shape index (κ3) is 11.1. The summed E-state index contributed by atoms with van der Waals surface area (Å²) in [6, 6.07) is 0. The first-order valence-corrected chi connectivity index (χ1v) is 3.17. The van der Waals surface area contributed by atoms with Crippen molar-refractivity contribution in [3.8, 4) is 0 Å². The molecule has 10 N–H and O–H groups in total. The molecular formula is C6H14O10Zn+2. The topological polar surface area (TPSA) is 227 Å². The molecule has 0 aliphatic heterocycles. The Morgan fingerprint density at radius 1 is 0.824 bits per heavy atom. The molecular weight excluding hydrogens is 297 g/mol. The minimum atomic E-state index is -2.74. The van der Waals surface area contributed by atoms with Crippen molar-refractivity contribution in [2.75, 3.05) is 0 Å². The van der Waals surface area contributed by atoms with E-state index >= 15 is 0 Å². The maximum absolute atomic E-state index is 10.3. The molecule has 0 saturated carbocycles. The van der Waals surface area contributed by atoms with Crippen LogP contribution in [0.25, 0.3) is 0 Å². The summed E-state index contributed by atoms with van der Waals surface area (Å²) in [6.45, 7) is 0. The van der Waals surface area contributed by atoms with Crippen LogP contribution in [0.3, 0.4) is 0 Å². The summed E-state index contributed by atoms with van der Waals surface area (Å²) in [5.41, 5.74) is -2.74. The van der Waals surface area contributed by atoms with Gasteiger partial charge in [-0.3, -0.25) is 9.59 Å². The molecule has 0 radical (unpaired) electrons. The van der Waals surface area contributed by atoms with E-state index < -0.39 is 36.4 Å². The number of rotatable bonds is 5. The van der Waals surface area contributed by atoms with E-state index in [1.807, 2.05) is 0 Å². The van der Waals surface area contributed by atoms with Gasteiger partial charge in [0, 0.05) is 0 Å². The van der Waals surface area contributed by atoms with Crippen molar-refractivity contribution in [3.63, 3.8) is 0 Å². The molecule has 0 bridgehead atoms. The zero-order valence-electron chi connectivity index (χ0n) is 8.63. The van der Waals surface area contributed by atoms with Crippen molar-refractivity contribution >= 4 is 17.9 Å². The van der Waals surface area contributed by atoms with E-state index in [1.54, 1.807) is 0 Å². The first kappa shape index (κ1) is 29.7. The van der Waals surface area contributed by atoms with Gasteiger partial charge in [0.05, 0.1) is 12.8 Å². The van der Waals surface area contributed by atoms with E-state index in [9.17, 15) is 14.4 Å². The number of hydrogen-bond donors (Lipinski definition) is 4. The van der Waals surface area contributed by atoms with Gasteiger partial charge in [0.25, 0.3) is 0 Å². The maximum atomic E-state index is 10.3. The van der Waals surface area contributed by atoms with Crippen molar-refractivity contribution in [1.29, 1.82) is 0 Å². The second-order valence-corrected chi connectivity index (χ2v) is 2.48. The fourth-order valence-electron chi connectivity index (χ4n) is 0.714. The van der Waals surface area contributed by atoms with Crippen LogP contribution in [0.2, 0.25) is 0 Å². The van der Waals surface area contributed by atoms with Crippen molar-refractivity contribution in [2.45, 2.75) is 18.4 Å². The van der Waals surface area contributed by atoms with E-state index in [0.29, 0.717) is 0 Å². The number of hydrogen-bond acceptors (Lipinski definition) is 4. The molecule has 0 unspecified atom stereocenters. The molecule has 0 spiro atoms. The Balaban J connectivity index is -0.000000120. The van der Waals surface area contributed by atoms with Gasteiger partial charge in [-0.15, -0.1) is 0 Å². The van der Waals surface area contributed by atoms with Gasteiger partial charge >= 0.3 is 37.4 Å². The third-order valence-corrected chi connectivity index (χ3v) is 1.29. The number of carboxylic acid groups (broad SMARTS) is 3. The molecule has 0 aliphatic rings. The van der Waals surface area contributed by atoms with E-state index in [2.05, 4.69) is 0 Å². The predicted molar refractivity (Wildman–Crippen MR) is 47.9 cm³/mol. The first-order chi connectivity index (χ1) is 5.78. The summed E-state index contributed by atoms with van der Waals surface area (Å²) in [7, 11) is 0. The van der Waals surface area contributed by atoms with Crippen molar-refractivity contribution in [3.05, 3.63) is 0 Å². The van der Waals surface area contributed by atoms with E-state index in [-0.39, 0.29) is 35.9 Å². The molecule has 11 heteroatoms. The summed E-state index contributed by atoms with van der Waals surface area (Å²) < 4.78 is 0. The molecule has 0 aromatic heterocycles. The second kappa shape index (κ2) is 11.4. The Kier molecular flexibility index (Phi) is 19.8. The summed E-state index contributed by atoms with van der Waals surface area (Å²) >= 11 is 0. The Morgan fingerprint density at radius 3 is 1.18 bits per heavy atom. The summed E-state index contributed by atoms with van der Waals surface area (Å²) in [5.74, 6) is -5.02. The Hall–Kier alpha value is -1.13. The fourth-order valence-corrected chi connectivity index (χ4v) is 0.714. The summed E-state index contributed by atoms with van der Waals surface area (Å²) in [6.07, 6.45) is -2.29. The Morgan fingerprint density at radius 2 is 1.06 bits per heavy atom. The molecule has 10 nitrogen and oxygen atoms in total. The van der Waals surface area contributed by atoms with E-state index in [4.69, 9.17) is 20.4 Å². The molecule has 0 aliphatic carbocycles. The van der Waals surface area contributed by atoms with E-state index in [1.165, 1.54) is 0 Å². The quantitative estimate of drug-likeness (QED) is 0.370. The van der Waals surface area contributed by atoms with Crippen LogP contribution in [0.15, 0.2) is 0 Å². The average Bonchev–Trinajstić information content (AvgIpc) is 1.82. The van der Waals surface area contributed by atoms with Crippen LogP contribution in [0.4, 0.5) is 0 Å². The van der Waals surface area contributed by atoms with Crippen LogP contribution >= 0.6 is 0 Å². The van der Waals surface area contributed by atoms with Crippen LogP contribution < -0.4 is 0 Å². The van der Waals surface area contributed by atoms with Gasteiger partial charge in [-0.1, -0.05) is 0 Å². The smallest absolute Gasteiger partial charge is 0.481 e. The molecule has 0 amide bonds. The fraction of sp³-hybridized carbons (Fsp3) is 0.500. The molecule has 0 heterocycles. The second-order valence-electron chi connectivity index (χ2n) is 2.48. The van der Waals surface area contributed by atoms with Gasteiger partial charge in [-0.2, -0.15) is 0 Å². The van der Waals surface area contributed by atoms with Gasteiger partial charge in [0.2, 0.25) is 0 Å². The van der Waals surface area contributed by atoms with Gasteiger partial charge in [-0.05, 0) is 0 Å². The van der Waals surface area contributed by atoms with Crippen molar-refractivity contribution in [2.24, 2.45) is 0 Å². The van der Waals surface area contributed by atoms with Gasteiger partial charge in [0.1, 0.15) is 0 Å². The average molecular weight is 312 g/mol. The summed E-state index contributed by atoms with van der Waals surface area (Å²) in [5, 5.41) is 33.8. The SMILES string of the molecule is O.O.O.O=C(O)CC(O)(CC(=O)O)C(=O)O.[Zn+2]. The molecule has 17 heavy (non-hydrogen) atoms. The molecule has 0 rings (SSSR count). The van der Waals surface area contributed by atoms with Gasteiger partial charge in [0.15, 0.2) is 5.60 Å². The molecule has 0 aromatic carbocycles. The minimum absolute atomic E-state index is 0. The molecule has 0 aromatic rings. The van der Waals surface area contributed by atoms with Crippen LogP contribution in [0.1, 0.15) is 12.8 Å². The number of carboxylic acids is 3. The molecule has 0 fully saturated rings. The van der Waals surface area contributed by atoms with Crippen LogP contribution in [-0.2, 0) is 33.9 Å². The zero-order chi connectivity index (χ0) is 10.6. The van der Waals surface area contributed by atoms with Crippen molar-refractivity contribution < 1.29 is 70.7 Å². The third-order valence-electron chi connectivity index (χ3n) is 1.29. The number of aliphatic hydroxyl groups is 1. The molecule has 0 atom stereocenters. The largest absolute Gasteiger partial charge is 2.00 e. The van der Waals surface area contributed by atoms with Crippen molar-refractivity contribution in [1.82, 2.24) is 0 Å². The molecule has 98 valence electrons. The standard InChI is InChI=1S/C6H8O7.3H2O.Zn/c7-3(8)1-6(13,5(11)12)2-4(9)10;;;;/h13H,1-2H2,(H,7,8)(H,9,10)(H,11,12);3*1H2;/q;;;;+2. The zero-order valence-corrected chi connectivity index (χ0v) is 11.6. The van der Waals surface area contributed by atoms with Crippen LogP contribution in [-0.4, -0.2) is 60.4 Å². The summed E-state index contributed by atoms with van der Waals surface area (Å²) in [4.78, 5) is 30.5. The van der Waals surface area contributed by atoms with Crippen LogP contribution in [0.5, 0.6) is 0 Å². The Bertz CT molecular complexity index is 235. The normalized spacial score (nSPS) is 8.29. The first-order valence-electron chi connectivity index (χ1n) is 3.17.